The van der Waals surface area contributed by atoms with Crippen LogP contribution in [0.5, 0.6) is 0 Å². The van der Waals surface area contributed by atoms with Gasteiger partial charge in [0.05, 0.1) is 17.7 Å². The molecule has 108 valence electrons. The normalized spacial score (nSPS) is 10.3. The zero-order valence-corrected chi connectivity index (χ0v) is 12.0. The van der Waals surface area contributed by atoms with Crippen molar-refractivity contribution >= 4 is 27.4 Å². The number of aromatic nitrogens is 2. The molecule has 1 heterocycles. The predicted octanol–water partition coefficient (Wildman–Crippen LogP) is 1.09. The Balaban J connectivity index is 2.38. The zero-order valence-electron chi connectivity index (χ0n) is 10.4. The van der Waals surface area contributed by atoms with Crippen molar-refractivity contribution in [1.82, 2.24) is 9.55 Å². The third-order valence-electron chi connectivity index (χ3n) is 2.65. The number of halogens is 1. The van der Waals surface area contributed by atoms with E-state index in [0.717, 1.165) is 10.8 Å². The maximum absolute atomic E-state index is 12.0. The van der Waals surface area contributed by atoms with E-state index in [4.69, 9.17) is 0 Å². The van der Waals surface area contributed by atoms with Crippen LogP contribution in [-0.2, 0) is 6.54 Å². The SMILES string of the molecule is O=C(Cn1cc([N+](=O)[O-])c(=O)[nH]c1=O)c1cccc(Br)c1. The molecule has 0 aliphatic rings. The Morgan fingerprint density at radius 1 is 1.38 bits per heavy atom. The van der Waals surface area contributed by atoms with Crippen molar-refractivity contribution < 1.29 is 9.72 Å². The van der Waals surface area contributed by atoms with Gasteiger partial charge in [-0.3, -0.25) is 29.3 Å². The van der Waals surface area contributed by atoms with Gasteiger partial charge in [0.2, 0.25) is 0 Å². The van der Waals surface area contributed by atoms with Gasteiger partial charge in [-0.2, -0.15) is 0 Å². The van der Waals surface area contributed by atoms with Gasteiger partial charge in [0.25, 0.3) is 0 Å². The highest BCUT2D eigenvalue weighted by Crippen LogP contribution is 2.12. The molecule has 0 aliphatic heterocycles. The number of benzene rings is 1. The summed E-state index contributed by atoms with van der Waals surface area (Å²) in [6, 6.07) is 6.49. The van der Waals surface area contributed by atoms with E-state index < -0.39 is 34.2 Å². The Morgan fingerprint density at radius 3 is 2.71 bits per heavy atom. The average Bonchev–Trinajstić information content (AvgIpc) is 2.41. The summed E-state index contributed by atoms with van der Waals surface area (Å²) >= 11 is 3.21. The van der Waals surface area contributed by atoms with Gasteiger partial charge in [0, 0.05) is 10.0 Å². The predicted molar refractivity (Wildman–Crippen MR) is 76.4 cm³/mol. The molecule has 1 aromatic carbocycles. The van der Waals surface area contributed by atoms with Gasteiger partial charge in [0.15, 0.2) is 5.78 Å². The second-order valence-electron chi connectivity index (χ2n) is 4.09. The van der Waals surface area contributed by atoms with Crippen LogP contribution >= 0.6 is 15.9 Å². The Hall–Kier alpha value is -2.55. The Labute approximate surface area is 125 Å². The second kappa shape index (κ2) is 5.83. The van der Waals surface area contributed by atoms with Crippen molar-refractivity contribution in [3.8, 4) is 0 Å². The number of H-pyrrole nitrogens is 1. The summed E-state index contributed by atoms with van der Waals surface area (Å²) in [7, 11) is 0. The molecule has 1 N–H and O–H groups in total. The maximum Gasteiger partial charge on any atom is 0.350 e. The molecule has 21 heavy (non-hydrogen) atoms. The monoisotopic (exact) mass is 353 g/mol. The maximum atomic E-state index is 12.0. The van der Waals surface area contributed by atoms with E-state index in [9.17, 15) is 24.5 Å². The third-order valence-corrected chi connectivity index (χ3v) is 3.14. The van der Waals surface area contributed by atoms with Crippen molar-refractivity contribution in [3.63, 3.8) is 0 Å². The molecule has 2 rings (SSSR count). The van der Waals surface area contributed by atoms with Crippen LogP contribution in [0.15, 0.2) is 44.5 Å². The van der Waals surface area contributed by atoms with E-state index in [1.165, 1.54) is 0 Å². The molecule has 0 bridgehead atoms. The Kier molecular flexibility index (Phi) is 4.13. The molecular weight excluding hydrogens is 346 g/mol. The van der Waals surface area contributed by atoms with Crippen LogP contribution in [0.2, 0.25) is 0 Å². The van der Waals surface area contributed by atoms with E-state index in [-0.39, 0.29) is 0 Å². The van der Waals surface area contributed by atoms with Crippen LogP contribution in [0.1, 0.15) is 10.4 Å². The number of carbonyl (C=O) groups is 1. The lowest BCUT2D eigenvalue weighted by Gasteiger charge is -2.04. The van der Waals surface area contributed by atoms with Crippen molar-refractivity contribution in [1.29, 1.82) is 0 Å². The molecule has 8 nitrogen and oxygen atoms in total. The molecule has 1 aromatic heterocycles. The smallest absolute Gasteiger partial charge is 0.292 e. The van der Waals surface area contributed by atoms with Gasteiger partial charge in [-0.05, 0) is 12.1 Å². The highest BCUT2D eigenvalue weighted by atomic mass is 79.9. The number of nitrogens with zero attached hydrogens (tertiary/aromatic N) is 2. The van der Waals surface area contributed by atoms with Crippen LogP contribution in [0.4, 0.5) is 5.69 Å². The quantitative estimate of drug-likeness (QED) is 0.501. The molecule has 0 unspecified atom stereocenters. The highest BCUT2D eigenvalue weighted by molar-refractivity contribution is 9.10. The number of carbonyl (C=O) groups excluding carboxylic acids is 1. The molecule has 2 aromatic rings. The van der Waals surface area contributed by atoms with Gasteiger partial charge in [-0.25, -0.2) is 4.79 Å². The first-order valence-electron chi connectivity index (χ1n) is 5.65. The molecule has 9 heteroatoms. The molecular formula is C12H8BrN3O5. The standard InChI is InChI=1S/C12H8BrN3O5/c13-8-3-1-2-7(4-8)10(17)6-15-5-9(16(20)21)11(18)14-12(15)19/h1-5H,6H2,(H,14,18,19). The van der Waals surface area contributed by atoms with Gasteiger partial charge >= 0.3 is 16.9 Å². The van der Waals surface area contributed by atoms with Gasteiger partial charge in [0.1, 0.15) is 0 Å². The van der Waals surface area contributed by atoms with E-state index in [1.54, 1.807) is 29.2 Å². The number of rotatable bonds is 4. The van der Waals surface area contributed by atoms with E-state index in [0.29, 0.717) is 10.0 Å². The molecule has 0 saturated carbocycles. The number of nitro groups is 1. The first-order chi connectivity index (χ1) is 9.88. The molecule has 0 amide bonds. The minimum Gasteiger partial charge on any atom is -0.292 e. The van der Waals surface area contributed by atoms with Crippen molar-refractivity contribution in [2.45, 2.75) is 6.54 Å². The largest absolute Gasteiger partial charge is 0.350 e. The summed E-state index contributed by atoms with van der Waals surface area (Å²) in [6.45, 7) is -0.410. The summed E-state index contributed by atoms with van der Waals surface area (Å²) in [5.41, 5.74) is -2.44. The summed E-state index contributed by atoms with van der Waals surface area (Å²) in [5, 5.41) is 10.7. The van der Waals surface area contributed by atoms with Crippen LogP contribution < -0.4 is 11.2 Å². The molecule has 0 saturated heterocycles. The highest BCUT2D eigenvalue weighted by Gasteiger charge is 2.16. The average molecular weight is 354 g/mol. The topological polar surface area (TPSA) is 115 Å². The van der Waals surface area contributed by atoms with E-state index >= 15 is 0 Å². The van der Waals surface area contributed by atoms with E-state index in [2.05, 4.69) is 15.9 Å². The lowest BCUT2D eigenvalue weighted by Crippen LogP contribution is -2.32. The number of Topliss-reactive ketones (excluding diaryl/α,β-unsaturated/α-hetero) is 1. The zero-order chi connectivity index (χ0) is 15.6. The number of hydrogen-bond donors (Lipinski definition) is 1. The summed E-state index contributed by atoms with van der Waals surface area (Å²) < 4.78 is 1.48. The summed E-state index contributed by atoms with van der Waals surface area (Å²) in [5.74, 6) is -0.417. The van der Waals surface area contributed by atoms with Crippen molar-refractivity contribution in [2.24, 2.45) is 0 Å². The first-order valence-corrected chi connectivity index (χ1v) is 6.44. The first kappa shape index (κ1) is 14.9. The minimum absolute atomic E-state index is 0.338. The van der Waals surface area contributed by atoms with Crippen molar-refractivity contribution in [3.05, 3.63) is 71.5 Å². The Bertz CT molecular complexity index is 839. The number of nitrogens with one attached hydrogen (secondary N) is 1. The second-order valence-corrected chi connectivity index (χ2v) is 5.01. The van der Waals surface area contributed by atoms with Crippen LogP contribution in [0.3, 0.4) is 0 Å². The fourth-order valence-electron chi connectivity index (χ4n) is 1.65. The lowest BCUT2D eigenvalue weighted by atomic mass is 10.1. The Morgan fingerprint density at radius 2 is 2.10 bits per heavy atom. The summed E-state index contributed by atoms with van der Waals surface area (Å²) in [4.78, 5) is 46.4. The molecule has 0 fully saturated rings. The van der Waals surface area contributed by atoms with Crippen LogP contribution in [-0.4, -0.2) is 20.3 Å². The lowest BCUT2D eigenvalue weighted by molar-refractivity contribution is -0.386. The molecule has 0 radical (unpaired) electrons. The van der Waals surface area contributed by atoms with Gasteiger partial charge in [-0.15, -0.1) is 0 Å². The van der Waals surface area contributed by atoms with E-state index in [1.807, 2.05) is 0 Å². The molecule has 0 spiro atoms. The van der Waals surface area contributed by atoms with Crippen LogP contribution in [0, 0.1) is 10.1 Å². The fourth-order valence-corrected chi connectivity index (χ4v) is 2.05. The molecule has 0 atom stereocenters. The molecule has 0 aliphatic carbocycles. The summed E-state index contributed by atoms with van der Waals surface area (Å²) in [6.07, 6.45) is 0.761. The third kappa shape index (κ3) is 3.31. The van der Waals surface area contributed by atoms with Gasteiger partial charge in [-0.1, -0.05) is 28.1 Å². The van der Waals surface area contributed by atoms with Crippen LogP contribution in [0.25, 0.3) is 0 Å². The minimum atomic E-state index is -1.10. The number of ketones is 1. The van der Waals surface area contributed by atoms with Gasteiger partial charge < -0.3 is 0 Å². The van der Waals surface area contributed by atoms with Crippen molar-refractivity contribution in [2.75, 3.05) is 0 Å². The number of hydrogen-bond acceptors (Lipinski definition) is 5. The fraction of sp³-hybridized carbons (Fsp3) is 0.0833. The number of aromatic amines is 1.